The average Bonchev–Trinajstić information content (AvgIpc) is 2.79. The van der Waals surface area contributed by atoms with Crippen LogP contribution in [-0.2, 0) is 21.4 Å². The van der Waals surface area contributed by atoms with E-state index in [1.165, 1.54) is 54.7 Å². The monoisotopic (exact) mass is 499 g/mol. The fraction of sp³-hybridized carbons (Fsp3) is 0.125. The van der Waals surface area contributed by atoms with Gasteiger partial charge in [0.05, 0.1) is 23.2 Å². The highest BCUT2D eigenvalue weighted by Gasteiger charge is 2.27. The molecule has 0 aromatic heterocycles. The van der Waals surface area contributed by atoms with Crippen LogP contribution >= 0.6 is 11.6 Å². The van der Waals surface area contributed by atoms with Crippen LogP contribution in [0.25, 0.3) is 0 Å². The Morgan fingerprint density at radius 3 is 2.35 bits per heavy atom. The van der Waals surface area contributed by atoms with Crippen LogP contribution in [0.5, 0.6) is 0 Å². The Bertz CT molecular complexity index is 1310. The molecule has 10 heteroatoms. The lowest BCUT2D eigenvalue weighted by Gasteiger charge is -2.21. The Morgan fingerprint density at radius 2 is 1.74 bits per heavy atom. The van der Waals surface area contributed by atoms with Gasteiger partial charge in [0.2, 0.25) is 10.0 Å². The molecule has 0 aliphatic carbocycles. The van der Waals surface area contributed by atoms with Gasteiger partial charge < -0.3 is 5.11 Å². The highest BCUT2D eigenvalue weighted by atomic mass is 35.5. The third-order valence-corrected chi connectivity index (χ3v) is 6.83. The Kier molecular flexibility index (Phi) is 8.17. The Morgan fingerprint density at radius 1 is 1.06 bits per heavy atom. The van der Waals surface area contributed by atoms with Gasteiger partial charge in [0, 0.05) is 11.6 Å². The number of hydrazone groups is 1. The first-order valence-electron chi connectivity index (χ1n) is 10.1. The van der Waals surface area contributed by atoms with Crippen LogP contribution in [-0.4, -0.2) is 42.5 Å². The molecule has 0 saturated carbocycles. The third-order valence-electron chi connectivity index (χ3n) is 4.77. The van der Waals surface area contributed by atoms with Crippen molar-refractivity contribution in [3.05, 3.63) is 100 Å². The van der Waals surface area contributed by atoms with Crippen LogP contribution in [0, 0.1) is 6.92 Å². The predicted molar refractivity (Wildman–Crippen MR) is 129 cm³/mol. The molecule has 0 radical (unpaired) electrons. The first-order chi connectivity index (χ1) is 16.1. The molecule has 0 fully saturated rings. The summed E-state index contributed by atoms with van der Waals surface area (Å²) < 4.78 is 27.6. The first kappa shape index (κ1) is 25.1. The smallest absolute Gasteiger partial charge is 0.335 e. The van der Waals surface area contributed by atoms with Gasteiger partial charge in [0.1, 0.15) is 0 Å². The summed E-state index contributed by atoms with van der Waals surface area (Å²) in [6.07, 6.45) is 1.34. The molecule has 0 spiro atoms. The number of carboxylic acid groups (broad SMARTS) is 1. The number of carbonyl (C=O) groups excluding carboxylic acids is 1. The number of hydrogen-bond acceptors (Lipinski definition) is 5. The number of sulfonamides is 1. The zero-order chi connectivity index (χ0) is 24.7. The summed E-state index contributed by atoms with van der Waals surface area (Å²) in [5.41, 5.74) is 4.70. The number of carbonyl (C=O) groups is 2. The molecule has 3 aromatic carbocycles. The molecule has 3 aromatic rings. The van der Waals surface area contributed by atoms with E-state index in [0.29, 0.717) is 10.6 Å². The molecule has 0 aliphatic rings. The maximum atomic E-state index is 13.3. The van der Waals surface area contributed by atoms with Crippen molar-refractivity contribution in [3.63, 3.8) is 0 Å². The number of hydrogen-bond donors (Lipinski definition) is 2. The molecule has 1 amide bonds. The van der Waals surface area contributed by atoms with Crippen LogP contribution < -0.4 is 5.43 Å². The number of halogens is 1. The minimum absolute atomic E-state index is 0.0133. The van der Waals surface area contributed by atoms with Crippen molar-refractivity contribution in [1.82, 2.24) is 9.73 Å². The first-order valence-corrected chi connectivity index (χ1v) is 11.9. The Hall–Kier alpha value is -3.53. The van der Waals surface area contributed by atoms with Gasteiger partial charge in [-0.25, -0.2) is 18.6 Å². The normalized spacial score (nSPS) is 11.6. The molecule has 0 unspecified atom stereocenters. The number of rotatable bonds is 9. The van der Waals surface area contributed by atoms with Gasteiger partial charge in [-0.15, -0.1) is 0 Å². The van der Waals surface area contributed by atoms with Gasteiger partial charge in [-0.3, -0.25) is 4.79 Å². The van der Waals surface area contributed by atoms with E-state index < -0.39 is 28.4 Å². The molecule has 176 valence electrons. The van der Waals surface area contributed by atoms with Gasteiger partial charge >= 0.3 is 5.97 Å². The summed E-state index contributed by atoms with van der Waals surface area (Å²) in [6, 6.07) is 19.0. The molecule has 34 heavy (non-hydrogen) atoms. The molecule has 0 bridgehead atoms. The number of nitrogens with one attached hydrogen (secondary N) is 1. The van der Waals surface area contributed by atoms with Crippen LogP contribution in [0.3, 0.4) is 0 Å². The fourth-order valence-corrected chi connectivity index (χ4v) is 4.59. The van der Waals surface area contributed by atoms with Gasteiger partial charge in [-0.1, -0.05) is 53.6 Å². The minimum Gasteiger partial charge on any atom is -0.478 e. The molecular formula is C24H22ClN3O5S. The van der Waals surface area contributed by atoms with Crippen LogP contribution in [0.1, 0.15) is 27.0 Å². The highest BCUT2D eigenvalue weighted by Crippen LogP contribution is 2.21. The molecule has 2 N–H and O–H groups in total. The Balaban J connectivity index is 1.76. The van der Waals surface area contributed by atoms with Crippen molar-refractivity contribution in [2.75, 3.05) is 6.54 Å². The second kappa shape index (κ2) is 11.1. The van der Waals surface area contributed by atoms with Gasteiger partial charge in [-0.2, -0.15) is 9.41 Å². The van der Waals surface area contributed by atoms with Crippen molar-refractivity contribution in [2.45, 2.75) is 18.4 Å². The number of aryl methyl sites for hydroxylation is 1. The predicted octanol–water partition coefficient (Wildman–Crippen LogP) is 3.69. The molecule has 8 nitrogen and oxygen atoms in total. The average molecular weight is 500 g/mol. The van der Waals surface area contributed by atoms with Crippen LogP contribution in [0.15, 0.2) is 82.8 Å². The lowest BCUT2D eigenvalue weighted by atomic mass is 10.1. The van der Waals surface area contributed by atoms with E-state index in [-0.39, 0.29) is 17.0 Å². The second-order valence-corrected chi connectivity index (χ2v) is 9.81. The van der Waals surface area contributed by atoms with Crippen molar-refractivity contribution < 1.29 is 23.1 Å². The topological polar surface area (TPSA) is 116 Å². The molecule has 0 aliphatic heterocycles. The van der Waals surface area contributed by atoms with E-state index in [1.807, 2.05) is 25.1 Å². The summed E-state index contributed by atoms with van der Waals surface area (Å²) in [7, 11) is -4.01. The standard InChI is InChI=1S/C24H22ClN3O5S/c1-17-3-2-4-19(13-17)15-28(34(32,33)22-11-9-21(25)10-12-22)16-23(29)27-26-14-18-5-7-20(8-6-18)24(30)31/h2-14H,15-16H2,1H3,(H,27,29)(H,30,31)/b26-14-. The van der Waals surface area contributed by atoms with E-state index in [2.05, 4.69) is 10.5 Å². The molecule has 0 saturated heterocycles. The minimum atomic E-state index is -4.01. The molecular weight excluding hydrogens is 478 g/mol. The quantitative estimate of drug-likeness (QED) is 0.344. The van der Waals surface area contributed by atoms with E-state index in [0.717, 1.165) is 15.4 Å². The number of nitrogens with zero attached hydrogens (tertiary/aromatic N) is 2. The van der Waals surface area contributed by atoms with E-state index in [9.17, 15) is 18.0 Å². The zero-order valence-electron chi connectivity index (χ0n) is 18.2. The molecule has 0 heterocycles. The zero-order valence-corrected chi connectivity index (χ0v) is 19.8. The lowest BCUT2D eigenvalue weighted by Crippen LogP contribution is -2.39. The maximum Gasteiger partial charge on any atom is 0.335 e. The summed E-state index contributed by atoms with van der Waals surface area (Å²) in [4.78, 5) is 23.5. The molecule has 0 atom stereocenters. The van der Waals surface area contributed by atoms with E-state index in [4.69, 9.17) is 16.7 Å². The molecule has 3 rings (SSSR count). The largest absolute Gasteiger partial charge is 0.478 e. The van der Waals surface area contributed by atoms with E-state index in [1.54, 1.807) is 6.07 Å². The SMILES string of the molecule is Cc1cccc(CN(CC(=O)N/N=C\c2ccc(C(=O)O)cc2)S(=O)(=O)c2ccc(Cl)cc2)c1. The summed E-state index contributed by atoms with van der Waals surface area (Å²) in [5.74, 6) is -1.68. The van der Waals surface area contributed by atoms with E-state index >= 15 is 0 Å². The summed E-state index contributed by atoms with van der Waals surface area (Å²) >= 11 is 5.89. The fourth-order valence-electron chi connectivity index (χ4n) is 3.08. The summed E-state index contributed by atoms with van der Waals surface area (Å²) in [6.45, 7) is 1.42. The van der Waals surface area contributed by atoms with Crippen molar-refractivity contribution in [1.29, 1.82) is 0 Å². The van der Waals surface area contributed by atoms with Gasteiger partial charge in [0.25, 0.3) is 5.91 Å². The number of amides is 1. The highest BCUT2D eigenvalue weighted by molar-refractivity contribution is 7.89. The lowest BCUT2D eigenvalue weighted by molar-refractivity contribution is -0.121. The maximum absolute atomic E-state index is 13.3. The second-order valence-electron chi connectivity index (χ2n) is 7.44. The summed E-state index contributed by atoms with van der Waals surface area (Å²) in [5, 5.41) is 13.2. The van der Waals surface area contributed by atoms with Crippen LogP contribution in [0.4, 0.5) is 0 Å². The number of benzene rings is 3. The Labute approximate surface area is 202 Å². The third kappa shape index (κ3) is 6.74. The van der Waals surface area contributed by atoms with Crippen molar-refractivity contribution >= 4 is 39.7 Å². The van der Waals surface area contributed by atoms with Crippen molar-refractivity contribution in [2.24, 2.45) is 5.10 Å². The number of carboxylic acids is 1. The van der Waals surface area contributed by atoms with Crippen molar-refractivity contribution in [3.8, 4) is 0 Å². The van der Waals surface area contributed by atoms with Gasteiger partial charge in [0.15, 0.2) is 0 Å². The number of aromatic carboxylic acids is 1. The van der Waals surface area contributed by atoms with Crippen LogP contribution in [0.2, 0.25) is 5.02 Å². The van der Waals surface area contributed by atoms with Gasteiger partial charge in [-0.05, 0) is 54.4 Å².